The molecule has 0 aromatic heterocycles. The average Bonchev–Trinajstić information content (AvgIpc) is 3.38. The summed E-state index contributed by atoms with van der Waals surface area (Å²) in [6.45, 7) is 0. The van der Waals surface area contributed by atoms with Gasteiger partial charge in [-0.1, -0.05) is 40.2 Å². The number of rotatable bonds is 4. The highest BCUT2D eigenvalue weighted by Gasteiger charge is 2.44. The van der Waals surface area contributed by atoms with Crippen LogP contribution in [0.2, 0.25) is 0 Å². The number of hydrogen-bond donors (Lipinski definition) is 1. The molecule has 25 heavy (non-hydrogen) atoms. The van der Waals surface area contributed by atoms with Gasteiger partial charge in [0.15, 0.2) is 0 Å². The van der Waals surface area contributed by atoms with E-state index in [4.69, 9.17) is 0 Å². The molecule has 2 amide bonds. The van der Waals surface area contributed by atoms with Crippen molar-refractivity contribution in [3.8, 4) is 0 Å². The molecule has 0 aliphatic heterocycles. The number of carbonyl (C=O) groups excluding carboxylic acids is 2. The topological polar surface area (TPSA) is 49.4 Å². The largest absolute Gasteiger partial charge is 0.339 e. The summed E-state index contributed by atoms with van der Waals surface area (Å²) in [4.78, 5) is 26.8. The van der Waals surface area contributed by atoms with Crippen LogP contribution in [0.15, 0.2) is 57.9 Å². The predicted octanol–water partition coefficient (Wildman–Crippen LogP) is 4.97. The second-order valence-corrected chi connectivity index (χ2v) is 8.16. The molecule has 6 heteroatoms. The van der Waals surface area contributed by atoms with E-state index < -0.39 is 0 Å². The lowest BCUT2D eigenvalue weighted by molar-refractivity contribution is -0.117. The first-order valence-corrected chi connectivity index (χ1v) is 9.61. The number of benzene rings is 2. The molecule has 2 atom stereocenters. The second-order valence-electron chi connectivity index (χ2n) is 6.25. The van der Waals surface area contributed by atoms with Gasteiger partial charge in [-0.05, 0) is 53.9 Å². The Morgan fingerprint density at radius 2 is 1.80 bits per heavy atom. The molecular formula is C19H19BrN2O2S. The Bertz CT molecular complexity index is 792. The summed E-state index contributed by atoms with van der Waals surface area (Å²) < 4.78 is 1.04. The third kappa shape index (κ3) is 4.44. The number of thioether (sulfide) groups is 1. The molecule has 1 aliphatic rings. The van der Waals surface area contributed by atoms with Gasteiger partial charge in [0.25, 0.3) is 5.24 Å². The molecule has 0 radical (unpaired) electrons. The van der Waals surface area contributed by atoms with E-state index in [0.717, 1.165) is 27.6 Å². The first kappa shape index (κ1) is 18.0. The molecule has 2 aromatic carbocycles. The lowest BCUT2D eigenvalue weighted by atomic mass is 10.1. The molecular weight excluding hydrogens is 400 g/mol. The number of halogens is 1. The number of nitrogens with one attached hydrogen (secondary N) is 1. The Morgan fingerprint density at radius 1 is 1.12 bits per heavy atom. The minimum absolute atomic E-state index is 0.0104. The summed E-state index contributed by atoms with van der Waals surface area (Å²) in [6, 6.07) is 15.5. The van der Waals surface area contributed by atoms with Crippen LogP contribution in [-0.4, -0.2) is 30.1 Å². The van der Waals surface area contributed by atoms with Crippen LogP contribution in [0.3, 0.4) is 0 Å². The summed E-state index contributed by atoms with van der Waals surface area (Å²) >= 11 is 4.55. The van der Waals surface area contributed by atoms with E-state index in [-0.39, 0.29) is 23.0 Å². The Balaban J connectivity index is 1.66. The van der Waals surface area contributed by atoms with Crippen LogP contribution in [0.1, 0.15) is 17.9 Å². The highest BCUT2D eigenvalue weighted by atomic mass is 79.9. The number of carbonyl (C=O) groups is 2. The van der Waals surface area contributed by atoms with Crippen molar-refractivity contribution in [3.05, 3.63) is 58.6 Å². The minimum atomic E-state index is -0.0686. The highest BCUT2D eigenvalue weighted by Crippen LogP contribution is 2.48. The number of hydrogen-bond acceptors (Lipinski definition) is 3. The van der Waals surface area contributed by atoms with Gasteiger partial charge in [-0.3, -0.25) is 9.59 Å². The van der Waals surface area contributed by atoms with E-state index in [1.54, 1.807) is 14.1 Å². The van der Waals surface area contributed by atoms with Gasteiger partial charge in [-0.15, -0.1) is 0 Å². The normalized spacial score (nSPS) is 18.5. The van der Waals surface area contributed by atoms with Gasteiger partial charge in [0.1, 0.15) is 0 Å². The number of para-hydroxylation sites is 1. The number of amides is 2. The number of nitrogens with zero attached hydrogens (tertiary/aromatic N) is 1. The maximum absolute atomic E-state index is 12.6. The molecule has 130 valence electrons. The van der Waals surface area contributed by atoms with Gasteiger partial charge in [-0.2, -0.15) is 0 Å². The molecule has 1 aliphatic carbocycles. The summed E-state index contributed by atoms with van der Waals surface area (Å²) in [5.41, 5.74) is 1.88. The van der Waals surface area contributed by atoms with Crippen molar-refractivity contribution >= 4 is 44.5 Å². The van der Waals surface area contributed by atoms with Crippen LogP contribution in [0, 0.1) is 5.92 Å². The maximum Gasteiger partial charge on any atom is 0.286 e. The molecule has 0 bridgehead atoms. The second kappa shape index (κ2) is 7.62. The lowest BCUT2D eigenvalue weighted by Crippen LogP contribution is -2.18. The summed E-state index contributed by atoms with van der Waals surface area (Å²) in [7, 11) is 3.42. The van der Waals surface area contributed by atoms with Crippen molar-refractivity contribution in [2.75, 3.05) is 19.4 Å². The van der Waals surface area contributed by atoms with E-state index in [2.05, 4.69) is 33.4 Å². The monoisotopic (exact) mass is 418 g/mol. The molecule has 2 unspecified atom stereocenters. The average molecular weight is 419 g/mol. The predicted molar refractivity (Wildman–Crippen MR) is 105 cm³/mol. The van der Waals surface area contributed by atoms with Gasteiger partial charge in [-0.25, -0.2) is 0 Å². The maximum atomic E-state index is 12.6. The van der Waals surface area contributed by atoms with Crippen LogP contribution < -0.4 is 5.32 Å². The summed E-state index contributed by atoms with van der Waals surface area (Å²) in [5, 5.41) is 2.92. The van der Waals surface area contributed by atoms with Crippen LogP contribution in [0.25, 0.3) is 0 Å². The van der Waals surface area contributed by atoms with Crippen molar-refractivity contribution in [3.63, 3.8) is 0 Å². The quantitative estimate of drug-likeness (QED) is 0.713. The molecule has 1 fully saturated rings. The molecule has 0 saturated heterocycles. The van der Waals surface area contributed by atoms with E-state index in [0.29, 0.717) is 5.69 Å². The van der Waals surface area contributed by atoms with Crippen molar-refractivity contribution in [1.82, 2.24) is 4.90 Å². The van der Waals surface area contributed by atoms with Gasteiger partial charge < -0.3 is 10.2 Å². The SMILES string of the molecule is CN(C)C(=O)Sc1ccccc1NC(=O)C1CC1c1ccc(Br)cc1. The fraction of sp³-hybridized carbons (Fsp3) is 0.263. The lowest BCUT2D eigenvalue weighted by Gasteiger charge is -2.13. The molecule has 0 spiro atoms. The standard InChI is InChI=1S/C19H19BrN2O2S/c1-22(2)19(24)25-17-6-4-3-5-16(17)21-18(23)15-11-14(15)12-7-9-13(20)10-8-12/h3-10,14-15H,11H2,1-2H3,(H,21,23). The van der Waals surface area contributed by atoms with Gasteiger partial charge in [0.05, 0.1) is 5.69 Å². The Morgan fingerprint density at radius 3 is 2.48 bits per heavy atom. The zero-order valence-corrected chi connectivity index (χ0v) is 16.4. The molecule has 3 rings (SSSR count). The van der Waals surface area contributed by atoms with Crippen molar-refractivity contribution in [1.29, 1.82) is 0 Å². The summed E-state index contributed by atoms with van der Waals surface area (Å²) in [6.07, 6.45) is 0.861. The smallest absolute Gasteiger partial charge is 0.286 e. The Hall–Kier alpha value is -1.79. The molecule has 1 N–H and O–H groups in total. The van der Waals surface area contributed by atoms with Crippen LogP contribution in [-0.2, 0) is 4.79 Å². The number of anilines is 1. The van der Waals surface area contributed by atoms with E-state index in [1.807, 2.05) is 36.4 Å². The minimum Gasteiger partial charge on any atom is -0.339 e. The third-order valence-corrected chi connectivity index (χ3v) is 5.78. The fourth-order valence-corrected chi connectivity index (χ4v) is 3.64. The third-order valence-electron chi connectivity index (χ3n) is 4.13. The molecule has 1 saturated carbocycles. The molecule has 2 aromatic rings. The van der Waals surface area contributed by atoms with Crippen molar-refractivity contribution in [2.45, 2.75) is 17.2 Å². The Labute approximate surface area is 160 Å². The van der Waals surface area contributed by atoms with Crippen molar-refractivity contribution in [2.24, 2.45) is 5.92 Å². The van der Waals surface area contributed by atoms with Crippen LogP contribution in [0.5, 0.6) is 0 Å². The van der Waals surface area contributed by atoms with E-state index in [9.17, 15) is 9.59 Å². The first-order valence-electron chi connectivity index (χ1n) is 8.00. The Kier molecular flexibility index (Phi) is 5.49. The van der Waals surface area contributed by atoms with Gasteiger partial charge in [0, 0.05) is 29.4 Å². The van der Waals surface area contributed by atoms with Crippen molar-refractivity contribution < 1.29 is 9.59 Å². The molecule has 4 nitrogen and oxygen atoms in total. The van der Waals surface area contributed by atoms with Crippen LogP contribution in [0.4, 0.5) is 10.5 Å². The highest BCUT2D eigenvalue weighted by molar-refractivity contribution is 9.10. The zero-order chi connectivity index (χ0) is 18.0. The van der Waals surface area contributed by atoms with E-state index >= 15 is 0 Å². The van der Waals surface area contributed by atoms with E-state index in [1.165, 1.54) is 10.5 Å². The van der Waals surface area contributed by atoms with Crippen LogP contribution >= 0.6 is 27.7 Å². The fourth-order valence-electron chi connectivity index (χ4n) is 2.63. The first-order chi connectivity index (χ1) is 12.0. The zero-order valence-electron chi connectivity index (χ0n) is 14.0. The molecule has 0 heterocycles. The summed E-state index contributed by atoms with van der Waals surface area (Å²) in [5.74, 6) is 0.276. The van der Waals surface area contributed by atoms with Gasteiger partial charge in [0.2, 0.25) is 5.91 Å². The van der Waals surface area contributed by atoms with Gasteiger partial charge >= 0.3 is 0 Å².